The van der Waals surface area contributed by atoms with Gasteiger partial charge in [-0.15, -0.1) is 0 Å². The molecular formula is C10H11N3. The molecule has 3 nitrogen and oxygen atoms in total. The monoisotopic (exact) mass is 173 g/mol. The summed E-state index contributed by atoms with van der Waals surface area (Å²) in [5.74, 6) is 0. The fraction of sp³-hybridized carbons (Fsp3) is 0.300. The topological polar surface area (TPSA) is 38.7 Å². The highest BCUT2D eigenvalue weighted by atomic mass is 14.9. The molecular weight excluding hydrogens is 162 g/mol. The van der Waals surface area contributed by atoms with Crippen molar-refractivity contribution >= 4 is 11.0 Å². The van der Waals surface area contributed by atoms with Crippen molar-refractivity contribution < 1.29 is 0 Å². The lowest BCUT2D eigenvalue weighted by molar-refractivity contribution is 0.882. The zero-order valence-electron chi connectivity index (χ0n) is 7.57. The quantitative estimate of drug-likeness (QED) is 0.697. The molecule has 0 unspecified atom stereocenters. The summed E-state index contributed by atoms with van der Waals surface area (Å²) in [5.41, 5.74) is 2.92. The molecule has 0 aromatic carbocycles. The van der Waals surface area contributed by atoms with E-state index in [0.29, 0.717) is 0 Å². The van der Waals surface area contributed by atoms with E-state index in [0.717, 1.165) is 29.6 Å². The van der Waals surface area contributed by atoms with Crippen LogP contribution in [-0.2, 0) is 6.42 Å². The molecule has 0 N–H and O–H groups in total. The van der Waals surface area contributed by atoms with Crippen LogP contribution < -0.4 is 0 Å². The van der Waals surface area contributed by atoms with E-state index in [2.05, 4.69) is 21.9 Å². The van der Waals surface area contributed by atoms with Crippen molar-refractivity contribution in [3.8, 4) is 0 Å². The number of nitrogens with zero attached hydrogens (tertiary/aromatic N) is 3. The minimum atomic E-state index is 0.931. The molecule has 0 fully saturated rings. The Morgan fingerprint density at radius 2 is 2.15 bits per heavy atom. The maximum Gasteiger partial charge on any atom is 0.116 e. The van der Waals surface area contributed by atoms with Crippen molar-refractivity contribution in [3.05, 3.63) is 30.4 Å². The van der Waals surface area contributed by atoms with Crippen LogP contribution in [0.3, 0.4) is 0 Å². The zero-order chi connectivity index (χ0) is 9.10. The molecule has 0 atom stereocenters. The molecule has 0 spiro atoms. The Morgan fingerprint density at radius 1 is 1.23 bits per heavy atom. The van der Waals surface area contributed by atoms with Crippen molar-refractivity contribution in [1.29, 1.82) is 0 Å². The van der Waals surface area contributed by atoms with Gasteiger partial charge in [-0.05, 0) is 18.6 Å². The molecule has 0 radical (unpaired) electrons. The van der Waals surface area contributed by atoms with E-state index >= 15 is 0 Å². The van der Waals surface area contributed by atoms with Gasteiger partial charge in [0.15, 0.2) is 0 Å². The van der Waals surface area contributed by atoms with E-state index in [9.17, 15) is 0 Å². The normalized spacial score (nSPS) is 10.5. The van der Waals surface area contributed by atoms with Crippen LogP contribution in [-0.4, -0.2) is 15.0 Å². The van der Waals surface area contributed by atoms with Crippen LogP contribution in [0, 0.1) is 0 Å². The van der Waals surface area contributed by atoms with Gasteiger partial charge in [0.05, 0.1) is 11.2 Å². The van der Waals surface area contributed by atoms with Crippen LogP contribution in [0.4, 0.5) is 0 Å². The molecule has 0 bridgehead atoms. The fourth-order valence-corrected chi connectivity index (χ4v) is 1.36. The molecule has 66 valence electrons. The van der Waals surface area contributed by atoms with Crippen molar-refractivity contribution in [2.24, 2.45) is 0 Å². The number of fused-ring (bicyclic) bond motifs is 1. The van der Waals surface area contributed by atoms with E-state index in [1.807, 2.05) is 12.1 Å². The Morgan fingerprint density at radius 3 is 3.00 bits per heavy atom. The molecule has 0 saturated carbocycles. The van der Waals surface area contributed by atoms with Crippen molar-refractivity contribution in [2.45, 2.75) is 19.8 Å². The van der Waals surface area contributed by atoms with Crippen LogP contribution in [0.25, 0.3) is 11.0 Å². The van der Waals surface area contributed by atoms with Crippen LogP contribution in [0.2, 0.25) is 0 Å². The van der Waals surface area contributed by atoms with Crippen LogP contribution in [0.15, 0.2) is 24.7 Å². The van der Waals surface area contributed by atoms with Crippen LogP contribution >= 0.6 is 0 Å². The van der Waals surface area contributed by atoms with Gasteiger partial charge in [-0.2, -0.15) is 0 Å². The summed E-state index contributed by atoms with van der Waals surface area (Å²) in [6, 6.07) is 3.86. The Hall–Kier alpha value is -1.51. The summed E-state index contributed by atoms with van der Waals surface area (Å²) in [6.07, 6.45) is 5.44. The molecule has 0 aliphatic rings. The highest BCUT2D eigenvalue weighted by Crippen LogP contribution is 2.11. The highest BCUT2D eigenvalue weighted by molar-refractivity contribution is 5.75. The Labute approximate surface area is 76.9 Å². The smallest absolute Gasteiger partial charge is 0.116 e. The second kappa shape index (κ2) is 3.47. The third-order valence-electron chi connectivity index (χ3n) is 1.96. The maximum absolute atomic E-state index is 4.27. The first-order chi connectivity index (χ1) is 6.42. The average Bonchev–Trinajstić information content (AvgIpc) is 2.19. The molecule has 0 aliphatic carbocycles. The van der Waals surface area contributed by atoms with Crippen LogP contribution in [0.1, 0.15) is 19.0 Å². The van der Waals surface area contributed by atoms with Crippen molar-refractivity contribution in [2.75, 3.05) is 0 Å². The van der Waals surface area contributed by atoms with Gasteiger partial charge < -0.3 is 0 Å². The van der Waals surface area contributed by atoms with E-state index in [1.54, 1.807) is 12.5 Å². The Kier molecular flexibility index (Phi) is 2.17. The molecule has 13 heavy (non-hydrogen) atoms. The van der Waals surface area contributed by atoms with E-state index < -0.39 is 0 Å². The van der Waals surface area contributed by atoms with Gasteiger partial charge in [0.1, 0.15) is 11.8 Å². The molecule has 0 saturated heterocycles. The summed E-state index contributed by atoms with van der Waals surface area (Å²) < 4.78 is 0. The summed E-state index contributed by atoms with van der Waals surface area (Å²) in [4.78, 5) is 12.6. The standard InChI is InChI=1S/C10H11N3/c1-2-4-8-10-9(13-7-12-8)5-3-6-11-10/h3,5-7H,2,4H2,1H3. The van der Waals surface area contributed by atoms with E-state index in [-0.39, 0.29) is 0 Å². The first-order valence-electron chi connectivity index (χ1n) is 4.46. The largest absolute Gasteiger partial charge is 0.253 e. The predicted molar refractivity (Wildman–Crippen MR) is 51.3 cm³/mol. The lowest BCUT2D eigenvalue weighted by atomic mass is 10.2. The van der Waals surface area contributed by atoms with Crippen molar-refractivity contribution in [3.63, 3.8) is 0 Å². The first kappa shape index (κ1) is 8.10. The number of aryl methyl sites for hydroxylation is 1. The van der Waals surface area contributed by atoms with Gasteiger partial charge in [-0.25, -0.2) is 9.97 Å². The lowest BCUT2D eigenvalue weighted by Crippen LogP contribution is -1.94. The zero-order valence-corrected chi connectivity index (χ0v) is 7.57. The highest BCUT2D eigenvalue weighted by Gasteiger charge is 2.01. The minimum Gasteiger partial charge on any atom is -0.253 e. The Balaban J connectivity index is 2.61. The molecule has 0 amide bonds. The molecule has 2 aromatic heterocycles. The summed E-state index contributed by atoms with van der Waals surface area (Å²) in [7, 11) is 0. The first-order valence-corrected chi connectivity index (χ1v) is 4.46. The lowest BCUT2D eigenvalue weighted by Gasteiger charge is -2.00. The van der Waals surface area contributed by atoms with E-state index in [4.69, 9.17) is 0 Å². The Bertz CT molecular complexity index is 406. The maximum atomic E-state index is 4.27. The number of aromatic nitrogens is 3. The van der Waals surface area contributed by atoms with Gasteiger partial charge in [-0.1, -0.05) is 13.3 Å². The third-order valence-corrected chi connectivity index (χ3v) is 1.96. The van der Waals surface area contributed by atoms with Gasteiger partial charge in [-0.3, -0.25) is 4.98 Å². The number of rotatable bonds is 2. The molecule has 2 heterocycles. The predicted octanol–water partition coefficient (Wildman–Crippen LogP) is 1.98. The second-order valence-electron chi connectivity index (χ2n) is 2.94. The average molecular weight is 173 g/mol. The third kappa shape index (κ3) is 1.49. The SMILES string of the molecule is CCCc1ncnc2cccnc12. The van der Waals surface area contributed by atoms with Gasteiger partial charge in [0.2, 0.25) is 0 Å². The van der Waals surface area contributed by atoms with Crippen LogP contribution in [0.5, 0.6) is 0 Å². The molecule has 2 aromatic rings. The number of hydrogen-bond acceptors (Lipinski definition) is 3. The summed E-state index contributed by atoms with van der Waals surface area (Å²) in [6.45, 7) is 2.14. The van der Waals surface area contributed by atoms with Gasteiger partial charge >= 0.3 is 0 Å². The van der Waals surface area contributed by atoms with E-state index in [1.165, 1.54) is 0 Å². The molecule has 3 heteroatoms. The number of hydrogen-bond donors (Lipinski definition) is 0. The van der Waals surface area contributed by atoms with Crippen molar-refractivity contribution in [1.82, 2.24) is 15.0 Å². The second-order valence-corrected chi connectivity index (χ2v) is 2.94. The summed E-state index contributed by atoms with van der Waals surface area (Å²) in [5, 5.41) is 0. The summed E-state index contributed by atoms with van der Waals surface area (Å²) >= 11 is 0. The molecule has 2 rings (SSSR count). The minimum absolute atomic E-state index is 0.931. The number of pyridine rings is 1. The van der Waals surface area contributed by atoms with Gasteiger partial charge in [0.25, 0.3) is 0 Å². The fourth-order valence-electron chi connectivity index (χ4n) is 1.36. The molecule has 0 aliphatic heterocycles. The van der Waals surface area contributed by atoms with Gasteiger partial charge in [0, 0.05) is 6.20 Å².